The van der Waals surface area contributed by atoms with Gasteiger partial charge in [-0.3, -0.25) is 14.4 Å². The fraction of sp³-hybridized carbons (Fsp3) is 0.0882. The Morgan fingerprint density at radius 2 is 1.59 bits per heavy atom. The molecule has 0 saturated carbocycles. The van der Waals surface area contributed by atoms with Gasteiger partial charge >= 0.3 is 5.97 Å². The van der Waals surface area contributed by atoms with E-state index < -0.39 is 24.4 Å². The number of ketones is 1. The highest BCUT2D eigenvalue weighted by Gasteiger charge is 2.36. The first-order valence-electron chi connectivity index (χ1n) is 13.4. The van der Waals surface area contributed by atoms with E-state index in [0.29, 0.717) is 65.3 Å². The first-order chi connectivity index (χ1) is 21.2. The number of ether oxygens (including phenoxy) is 2. The zero-order chi connectivity index (χ0) is 31.1. The van der Waals surface area contributed by atoms with Crippen molar-refractivity contribution in [2.75, 3.05) is 18.6 Å². The average molecular weight is 670 g/mol. The van der Waals surface area contributed by atoms with E-state index in [1.54, 1.807) is 91.9 Å². The van der Waals surface area contributed by atoms with Crippen molar-refractivity contribution in [3.8, 4) is 17.0 Å². The van der Waals surface area contributed by atoms with Crippen molar-refractivity contribution in [3.63, 3.8) is 0 Å². The summed E-state index contributed by atoms with van der Waals surface area (Å²) < 4.78 is 11.2. The molecular weight excluding hydrogens is 648 g/mol. The molecular formula is C34H22BrClN2O6. The summed E-state index contributed by atoms with van der Waals surface area (Å²) in [4.78, 5) is 58.1. The Morgan fingerprint density at radius 3 is 2.25 bits per heavy atom. The van der Waals surface area contributed by atoms with Gasteiger partial charge in [-0.25, -0.2) is 14.7 Å². The first kappa shape index (κ1) is 29.2. The molecule has 0 fully saturated rings. The molecule has 1 aromatic heterocycles. The van der Waals surface area contributed by atoms with Gasteiger partial charge in [0.1, 0.15) is 5.75 Å². The minimum absolute atomic E-state index is 0.188. The van der Waals surface area contributed by atoms with Gasteiger partial charge in [0, 0.05) is 21.0 Å². The van der Waals surface area contributed by atoms with Gasteiger partial charge in [0.25, 0.3) is 11.8 Å². The van der Waals surface area contributed by atoms with Gasteiger partial charge in [0.2, 0.25) is 0 Å². The Hall–Kier alpha value is -4.86. The number of nitrogens with zero attached hydrogens (tertiary/aromatic N) is 2. The molecule has 2 heterocycles. The Morgan fingerprint density at radius 1 is 0.909 bits per heavy atom. The summed E-state index contributed by atoms with van der Waals surface area (Å²) in [7, 11) is 1.50. The SMILES string of the molecule is COc1cccc(C(=O)COC(=O)c2cc(-c3ccc(N4C(=O)c5ccccc5C4=O)cc3)nc3c(C)c(Cl)c(Br)cc23)c1. The minimum atomic E-state index is -0.717. The molecule has 218 valence electrons. The molecule has 5 aromatic rings. The zero-order valence-electron chi connectivity index (χ0n) is 23.4. The minimum Gasteiger partial charge on any atom is -0.497 e. The number of rotatable bonds is 7. The fourth-order valence-corrected chi connectivity index (χ4v) is 5.74. The molecule has 8 nitrogen and oxygen atoms in total. The molecule has 44 heavy (non-hydrogen) atoms. The van der Waals surface area contributed by atoms with Crippen LogP contribution in [0.3, 0.4) is 0 Å². The van der Waals surface area contributed by atoms with Gasteiger partial charge < -0.3 is 9.47 Å². The highest BCUT2D eigenvalue weighted by molar-refractivity contribution is 9.10. The molecule has 0 unspecified atom stereocenters. The lowest BCUT2D eigenvalue weighted by Gasteiger charge is -2.15. The number of imide groups is 1. The molecule has 0 spiro atoms. The van der Waals surface area contributed by atoms with Gasteiger partial charge in [-0.15, -0.1) is 0 Å². The van der Waals surface area contributed by atoms with Gasteiger partial charge in [0.15, 0.2) is 12.4 Å². The molecule has 0 saturated heterocycles. The van der Waals surface area contributed by atoms with Crippen LogP contribution in [0, 0.1) is 6.92 Å². The van der Waals surface area contributed by atoms with Gasteiger partial charge in [-0.2, -0.15) is 0 Å². The number of aryl methyl sites for hydroxylation is 1. The maximum absolute atomic E-state index is 13.5. The number of halogens is 2. The first-order valence-corrected chi connectivity index (χ1v) is 14.6. The van der Waals surface area contributed by atoms with Crippen LogP contribution in [0.5, 0.6) is 5.75 Å². The van der Waals surface area contributed by atoms with Crippen molar-refractivity contribution < 1.29 is 28.7 Å². The summed E-state index contributed by atoms with van der Waals surface area (Å²) in [6.45, 7) is 1.31. The number of carbonyl (C=O) groups is 4. The second-order valence-corrected chi connectivity index (χ2v) is 11.3. The topological polar surface area (TPSA) is 103 Å². The number of benzene rings is 4. The van der Waals surface area contributed by atoms with E-state index in [2.05, 4.69) is 15.9 Å². The Labute approximate surface area is 265 Å². The lowest BCUT2D eigenvalue weighted by atomic mass is 10.0. The van der Waals surface area contributed by atoms with E-state index in [-0.39, 0.29) is 11.3 Å². The molecule has 1 aliphatic heterocycles. The number of amides is 2. The van der Waals surface area contributed by atoms with E-state index in [0.717, 1.165) is 4.90 Å². The summed E-state index contributed by atoms with van der Waals surface area (Å²) in [6, 6.07) is 23.3. The van der Waals surface area contributed by atoms with Crippen LogP contribution in [0.15, 0.2) is 89.4 Å². The normalized spacial score (nSPS) is 12.4. The zero-order valence-corrected chi connectivity index (χ0v) is 25.7. The summed E-state index contributed by atoms with van der Waals surface area (Å²) in [5, 5.41) is 0.930. The number of fused-ring (bicyclic) bond motifs is 2. The maximum atomic E-state index is 13.5. The molecule has 1 aliphatic rings. The van der Waals surface area contributed by atoms with Crippen LogP contribution < -0.4 is 9.64 Å². The van der Waals surface area contributed by atoms with Crippen molar-refractivity contribution in [2.24, 2.45) is 0 Å². The largest absolute Gasteiger partial charge is 0.497 e. The lowest BCUT2D eigenvalue weighted by molar-refractivity contribution is 0.0476. The van der Waals surface area contributed by atoms with Crippen LogP contribution in [-0.4, -0.2) is 42.3 Å². The van der Waals surface area contributed by atoms with Crippen LogP contribution in [-0.2, 0) is 4.74 Å². The van der Waals surface area contributed by atoms with Crippen molar-refractivity contribution in [3.05, 3.63) is 122 Å². The Balaban J connectivity index is 1.34. The predicted octanol–water partition coefficient (Wildman–Crippen LogP) is 7.48. The van der Waals surface area contributed by atoms with E-state index in [1.807, 2.05) is 0 Å². The quantitative estimate of drug-likeness (QED) is 0.101. The van der Waals surface area contributed by atoms with Crippen molar-refractivity contribution in [2.45, 2.75) is 6.92 Å². The smallest absolute Gasteiger partial charge is 0.339 e. The number of hydrogen-bond acceptors (Lipinski definition) is 7. The lowest BCUT2D eigenvalue weighted by Crippen LogP contribution is -2.29. The van der Waals surface area contributed by atoms with Crippen LogP contribution in [0.4, 0.5) is 5.69 Å². The van der Waals surface area contributed by atoms with Crippen LogP contribution >= 0.6 is 27.5 Å². The standard InChI is InChI=1S/C34H22BrClN2O6/c1-18-30(36)27(35)15-25-26(34(42)44-17-29(39)20-6-5-7-22(14-20)43-2)16-28(37-31(18)25)19-10-12-21(13-11-19)38-32(40)23-8-3-4-9-24(23)33(38)41/h3-16H,17H2,1-2H3. The molecule has 0 radical (unpaired) electrons. The fourth-order valence-electron chi connectivity index (χ4n) is 5.07. The third kappa shape index (κ3) is 5.14. The summed E-state index contributed by atoms with van der Waals surface area (Å²) >= 11 is 9.96. The van der Waals surface area contributed by atoms with Crippen molar-refractivity contribution >= 4 is 67.7 Å². The van der Waals surface area contributed by atoms with E-state index in [9.17, 15) is 19.2 Å². The number of anilines is 1. The highest BCUT2D eigenvalue weighted by Crippen LogP contribution is 2.36. The number of Topliss-reactive ketones (excluding diaryl/α,β-unsaturated/α-hetero) is 1. The second kappa shape index (κ2) is 11.7. The number of aromatic nitrogens is 1. The number of methoxy groups -OCH3 is 1. The van der Waals surface area contributed by atoms with Crippen molar-refractivity contribution in [1.82, 2.24) is 4.98 Å². The maximum Gasteiger partial charge on any atom is 0.339 e. The molecule has 2 amide bonds. The Bertz CT molecular complexity index is 1990. The van der Waals surface area contributed by atoms with Gasteiger partial charge in [-0.05, 0) is 76.9 Å². The third-order valence-corrected chi connectivity index (χ3v) is 8.73. The number of pyridine rings is 1. The number of carbonyl (C=O) groups excluding carboxylic acids is 4. The van der Waals surface area contributed by atoms with E-state index in [4.69, 9.17) is 26.1 Å². The third-order valence-electron chi connectivity index (χ3n) is 7.39. The number of hydrogen-bond donors (Lipinski definition) is 0. The summed E-state index contributed by atoms with van der Waals surface area (Å²) in [6.07, 6.45) is 0. The molecule has 0 N–H and O–H groups in total. The van der Waals surface area contributed by atoms with Gasteiger partial charge in [-0.1, -0.05) is 48.0 Å². The summed E-state index contributed by atoms with van der Waals surface area (Å²) in [5.41, 5.74) is 3.81. The number of esters is 1. The van der Waals surface area contributed by atoms with Crippen molar-refractivity contribution in [1.29, 1.82) is 0 Å². The second-order valence-electron chi connectivity index (χ2n) is 10.0. The van der Waals surface area contributed by atoms with Crippen LogP contribution in [0.2, 0.25) is 5.02 Å². The predicted molar refractivity (Wildman–Crippen MR) is 170 cm³/mol. The summed E-state index contributed by atoms with van der Waals surface area (Å²) in [5.74, 6) is -1.39. The van der Waals surface area contributed by atoms with Crippen LogP contribution in [0.25, 0.3) is 22.2 Å². The molecule has 10 heteroatoms. The van der Waals surface area contributed by atoms with E-state index in [1.165, 1.54) is 7.11 Å². The average Bonchev–Trinajstić information content (AvgIpc) is 3.31. The van der Waals surface area contributed by atoms with Crippen LogP contribution in [0.1, 0.15) is 47.0 Å². The van der Waals surface area contributed by atoms with Gasteiger partial charge in [0.05, 0.1) is 45.7 Å². The van der Waals surface area contributed by atoms with E-state index >= 15 is 0 Å². The Kier molecular flexibility index (Phi) is 7.75. The molecule has 6 rings (SSSR count). The molecule has 0 atom stereocenters. The highest BCUT2D eigenvalue weighted by atomic mass is 79.9. The molecule has 4 aromatic carbocycles. The monoisotopic (exact) mass is 668 g/mol. The molecule has 0 aliphatic carbocycles. The molecule has 0 bridgehead atoms.